The van der Waals surface area contributed by atoms with E-state index in [9.17, 15) is 13.8 Å². The van der Waals surface area contributed by atoms with E-state index < -0.39 is 11.0 Å². The summed E-state index contributed by atoms with van der Waals surface area (Å²) in [5.74, 6) is 1.49. The second-order valence-electron chi connectivity index (χ2n) is 6.50. The molecule has 1 aliphatic carbocycles. The molecule has 0 radical (unpaired) electrons. The van der Waals surface area contributed by atoms with E-state index in [1.54, 1.807) is 12.1 Å². The molecule has 4 rings (SSSR count). The highest BCUT2D eigenvalue weighted by Gasteiger charge is 2.29. The van der Waals surface area contributed by atoms with Crippen LogP contribution >= 0.6 is 11.8 Å². The van der Waals surface area contributed by atoms with Crippen molar-refractivity contribution in [1.29, 1.82) is 0 Å². The monoisotopic (exact) mass is 413 g/mol. The number of thioether (sulfide) groups is 1. The van der Waals surface area contributed by atoms with E-state index in [0.29, 0.717) is 0 Å². The minimum Gasteiger partial charge on any atom is -0.370 e. The lowest BCUT2D eigenvalue weighted by molar-refractivity contribution is 0.0983. The molecule has 2 aromatic rings. The molecular formula is C20H19N3O3S2. The fourth-order valence-corrected chi connectivity index (χ4v) is 4.93. The summed E-state index contributed by atoms with van der Waals surface area (Å²) in [6.07, 6.45) is 1.26. The van der Waals surface area contributed by atoms with Gasteiger partial charge in [0.05, 0.1) is 16.2 Å². The maximum atomic E-state index is 12.9. The predicted molar refractivity (Wildman–Crippen MR) is 113 cm³/mol. The van der Waals surface area contributed by atoms with Crippen molar-refractivity contribution in [2.75, 3.05) is 34.8 Å². The molecule has 1 unspecified atom stereocenters. The Morgan fingerprint density at radius 1 is 1.07 bits per heavy atom. The van der Waals surface area contributed by atoms with Crippen molar-refractivity contribution < 1.29 is 13.8 Å². The zero-order valence-electron chi connectivity index (χ0n) is 15.0. The van der Waals surface area contributed by atoms with Crippen molar-refractivity contribution in [2.24, 2.45) is 5.14 Å². The van der Waals surface area contributed by atoms with Crippen molar-refractivity contribution in [1.82, 2.24) is 0 Å². The number of Topliss-reactive ketones (excluding diaryl/α,β-unsaturated/α-hetero) is 1. The molecule has 3 N–H and O–H groups in total. The summed E-state index contributed by atoms with van der Waals surface area (Å²) in [5.41, 5.74) is 2.37. The SMILES string of the molecule is NS(=O)c1cccc2c1C(=O)C=C(Nc1cccc(N3CCSCC3)c1)C2=O. The van der Waals surface area contributed by atoms with Gasteiger partial charge >= 0.3 is 0 Å². The lowest BCUT2D eigenvalue weighted by Gasteiger charge is -2.29. The molecule has 8 heteroatoms. The van der Waals surface area contributed by atoms with Gasteiger partial charge in [-0.1, -0.05) is 18.2 Å². The first-order valence-corrected chi connectivity index (χ1v) is 11.2. The first-order chi connectivity index (χ1) is 13.5. The van der Waals surface area contributed by atoms with E-state index in [1.165, 1.54) is 12.1 Å². The van der Waals surface area contributed by atoms with Crippen LogP contribution in [-0.4, -0.2) is 40.4 Å². The third-order valence-corrected chi connectivity index (χ3v) is 6.47. The van der Waals surface area contributed by atoms with E-state index in [4.69, 9.17) is 5.14 Å². The molecule has 0 saturated carbocycles. The maximum Gasteiger partial charge on any atom is 0.210 e. The Bertz CT molecular complexity index is 1010. The van der Waals surface area contributed by atoms with E-state index in [0.717, 1.165) is 36.0 Å². The Morgan fingerprint density at radius 2 is 1.82 bits per heavy atom. The van der Waals surface area contributed by atoms with Crippen LogP contribution in [0.25, 0.3) is 0 Å². The van der Waals surface area contributed by atoms with Gasteiger partial charge in [0, 0.05) is 47.6 Å². The summed E-state index contributed by atoms with van der Waals surface area (Å²) in [6.45, 7) is 1.97. The Hall–Kier alpha value is -2.42. The second kappa shape index (κ2) is 7.90. The number of nitrogens with one attached hydrogen (secondary N) is 1. The number of allylic oxidation sites excluding steroid dienone is 2. The third-order valence-electron chi connectivity index (χ3n) is 4.76. The number of nitrogens with zero attached hydrogens (tertiary/aromatic N) is 1. The van der Waals surface area contributed by atoms with Gasteiger partial charge in [-0.15, -0.1) is 0 Å². The van der Waals surface area contributed by atoms with Gasteiger partial charge in [0.1, 0.15) is 11.0 Å². The van der Waals surface area contributed by atoms with Crippen LogP contribution in [0.3, 0.4) is 0 Å². The number of benzene rings is 2. The molecule has 1 aliphatic heterocycles. The molecule has 1 atom stereocenters. The molecule has 0 bridgehead atoms. The van der Waals surface area contributed by atoms with Gasteiger partial charge in [0.2, 0.25) is 5.78 Å². The van der Waals surface area contributed by atoms with Crippen LogP contribution in [0.5, 0.6) is 0 Å². The lowest BCUT2D eigenvalue weighted by Crippen LogP contribution is -2.32. The molecular weight excluding hydrogens is 394 g/mol. The number of hydrogen-bond acceptors (Lipinski definition) is 6. The van der Waals surface area contributed by atoms with Crippen LogP contribution in [0.1, 0.15) is 20.7 Å². The lowest BCUT2D eigenvalue weighted by atomic mass is 9.92. The minimum absolute atomic E-state index is 0.124. The number of nitrogens with two attached hydrogens (primary N) is 1. The Labute approximate surface area is 169 Å². The number of fused-ring (bicyclic) bond motifs is 1. The second-order valence-corrected chi connectivity index (χ2v) is 8.76. The van der Waals surface area contributed by atoms with Crippen molar-refractivity contribution in [2.45, 2.75) is 4.90 Å². The van der Waals surface area contributed by atoms with Gasteiger partial charge in [-0.2, -0.15) is 11.8 Å². The number of anilines is 2. The molecule has 144 valence electrons. The van der Waals surface area contributed by atoms with Gasteiger partial charge in [-0.05, 0) is 24.3 Å². The van der Waals surface area contributed by atoms with Gasteiger partial charge in [0.25, 0.3) is 0 Å². The standard InChI is InChI=1S/C20H19N3O3S2/c21-28(26)18-6-2-5-15-19(18)17(24)12-16(20(15)25)22-13-3-1-4-14(11-13)23-7-9-27-10-8-23/h1-6,11-12,22H,7-10,21H2. The quantitative estimate of drug-likeness (QED) is 0.800. The Balaban J connectivity index is 1.62. The third kappa shape index (κ3) is 3.63. The Kier molecular flexibility index (Phi) is 5.34. The fraction of sp³-hybridized carbons (Fsp3) is 0.200. The average molecular weight is 414 g/mol. The number of carbonyl (C=O) groups is 2. The highest BCUT2D eigenvalue weighted by atomic mass is 32.2. The van der Waals surface area contributed by atoms with E-state index in [-0.39, 0.29) is 33.3 Å². The molecule has 2 aromatic carbocycles. The molecule has 1 fully saturated rings. The molecule has 1 heterocycles. The van der Waals surface area contributed by atoms with E-state index in [2.05, 4.69) is 10.2 Å². The number of carbonyl (C=O) groups excluding carboxylic acids is 2. The highest BCUT2D eigenvalue weighted by Crippen LogP contribution is 2.28. The van der Waals surface area contributed by atoms with E-state index in [1.807, 2.05) is 36.0 Å². The maximum absolute atomic E-state index is 12.9. The summed E-state index contributed by atoms with van der Waals surface area (Å²) in [6, 6.07) is 12.5. The predicted octanol–water partition coefficient (Wildman–Crippen LogP) is 2.60. The highest BCUT2D eigenvalue weighted by molar-refractivity contribution is 7.99. The first kappa shape index (κ1) is 18.9. The van der Waals surface area contributed by atoms with Crippen molar-refractivity contribution in [3.63, 3.8) is 0 Å². The fourth-order valence-electron chi connectivity index (χ4n) is 3.41. The van der Waals surface area contributed by atoms with Crippen molar-refractivity contribution in [3.05, 3.63) is 65.4 Å². The zero-order valence-corrected chi connectivity index (χ0v) is 16.6. The van der Waals surface area contributed by atoms with Gasteiger partial charge in [0.15, 0.2) is 5.78 Å². The Morgan fingerprint density at radius 3 is 2.57 bits per heavy atom. The molecule has 6 nitrogen and oxygen atoms in total. The van der Waals surface area contributed by atoms with Gasteiger partial charge in [-0.3, -0.25) is 9.59 Å². The summed E-state index contributed by atoms with van der Waals surface area (Å²) in [7, 11) is -1.84. The molecule has 1 saturated heterocycles. The molecule has 0 amide bonds. The summed E-state index contributed by atoms with van der Waals surface area (Å²) in [4.78, 5) is 28.0. The number of rotatable bonds is 4. The van der Waals surface area contributed by atoms with E-state index >= 15 is 0 Å². The van der Waals surface area contributed by atoms with Gasteiger partial charge in [-0.25, -0.2) is 9.35 Å². The molecule has 28 heavy (non-hydrogen) atoms. The van der Waals surface area contributed by atoms with Crippen molar-refractivity contribution in [3.8, 4) is 0 Å². The number of ketones is 2. The van der Waals surface area contributed by atoms with Crippen LogP contribution in [0.4, 0.5) is 11.4 Å². The minimum atomic E-state index is -1.84. The van der Waals surface area contributed by atoms with Crippen LogP contribution in [0.2, 0.25) is 0 Å². The van der Waals surface area contributed by atoms with Crippen molar-refractivity contribution >= 4 is 45.7 Å². The smallest absolute Gasteiger partial charge is 0.210 e. The molecule has 0 spiro atoms. The topological polar surface area (TPSA) is 92.5 Å². The number of hydrogen-bond donors (Lipinski definition) is 2. The summed E-state index contributed by atoms with van der Waals surface area (Å²) in [5, 5.41) is 8.54. The molecule has 2 aliphatic rings. The van der Waals surface area contributed by atoms with Crippen LogP contribution < -0.4 is 15.4 Å². The molecule has 0 aromatic heterocycles. The first-order valence-electron chi connectivity index (χ1n) is 8.84. The summed E-state index contributed by atoms with van der Waals surface area (Å²) >= 11 is 1.94. The van der Waals surface area contributed by atoms with Crippen LogP contribution in [0.15, 0.2) is 59.1 Å². The van der Waals surface area contributed by atoms with Crippen LogP contribution in [-0.2, 0) is 11.0 Å². The van der Waals surface area contributed by atoms with Gasteiger partial charge < -0.3 is 10.2 Å². The summed E-state index contributed by atoms with van der Waals surface area (Å²) < 4.78 is 11.7. The largest absolute Gasteiger partial charge is 0.370 e. The average Bonchev–Trinajstić information content (AvgIpc) is 2.72. The van der Waals surface area contributed by atoms with Crippen LogP contribution in [0, 0.1) is 0 Å². The zero-order chi connectivity index (χ0) is 19.7. The normalized spacial score (nSPS) is 17.8.